The molecule has 4 aliphatic carbocycles. The lowest BCUT2D eigenvalue weighted by Crippen LogP contribution is -2.57. The van der Waals surface area contributed by atoms with Crippen molar-refractivity contribution in [1.29, 1.82) is 0 Å². The number of rotatable bonds is 3. The summed E-state index contributed by atoms with van der Waals surface area (Å²) in [7, 11) is 0. The number of hydrogen-bond donors (Lipinski definition) is 1. The van der Waals surface area contributed by atoms with Crippen LogP contribution in [0.1, 0.15) is 38.5 Å². The van der Waals surface area contributed by atoms with Crippen molar-refractivity contribution in [3.05, 3.63) is 24.3 Å². The van der Waals surface area contributed by atoms with Crippen LogP contribution in [0, 0.1) is 17.3 Å². The standard InChI is InChI=1S/C18H19ClF3NO2/c19-17-8-11-4-12(9-17)7-16(6-11,10-17)15(24)23-13-2-1-3-14(5-13)25-18(20,21)22/h1-3,5,11-12H,4,6-10H2,(H,23,24). The third-order valence-electron chi connectivity index (χ3n) is 5.80. The molecule has 0 spiro atoms. The molecule has 1 amide bonds. The van der Waals surface area contributed by atoms with Gasteiger partial charge in [-0.3, -0.25) is 4.79 Å². The molecule has 1 N–H and O–H groups in total. The largest absolute Gasteiger partial charge is 0.573 e. The van der Waals surface area contributed by atoms with Gasteiger partial charge in [0, 0.05) is 16.6 Å². The summed E-state index contributed by atoms with van der Waals surface area (Å²) in [6.45, 7) is 0. The number of anilines is 1. The summed E-state index contributed by atoms with van der Waals surface area (Å²) in [5.74, 6) is 0.481. The van der Waals surface area contributed by atoms with Crippen LogP contribution in [-0.2, 0) is 4.79 Å². The Labute approximate surface area is 148 Å². The minimum Gasteiger partial charge on any atom is -0.406 e. The first-order chi connectivity index (χ1) is 11.6. The number of amides is 1. The quantitative estimate of drug-likeness (QED) is 0.748. The summed E-state index contributed by atoms with van der Waals surface area (Å²) in [5.41, 5.74) is -0.182. The van der Waals surface area contributed by atoms with E-state index in [0.717, 1.165) is 32.1 Å². The van der Waals surface area contributed by atoms with Crippen molar-refractivity contribution in [1.82, 2.24) is 0 Å². The van der Waals surface area contributed by atoms with E-state index in [2.05, 4.69) is 10.1 Å². The maximum absolute atomic E-state index is 13.0. The van der Waals surface area contributed by atoms with Crippen molar-refractivity contribution in [2.45, 2.75) is 49.8 Å². The third kappa shape index (κ3) is 3.33. The Morgan fingerprint density at radius 2 is 1.88 bits per heavy atom. The van der Waals surface area contributed by atoms with Gasteiger partial charge < -0.3 is 10.1 Å². The number of carbonyl (C=O) groups is 1. The highest BCUT2D eigenvalue weighted by Gasteiger charge is 2.60. The molecule has 136 valence electrons. The molecule has 4 fully saturated rings. The Kier molecular flexibility index (Phi) is 3.76. The van der Waals surface area contributed by atoms with Crippen LogP contribution in [0.2, 0.25) is 0 Å². The second kappa shape index (κ2) is 5.53. The van der Waals surface area contributed by atoms with Crippen molar-refractivity contribution >= 4 is 23.2 Å². The van der Waals surface area contributed by atoms with Crippen LogP contribution in [0.15, 0.2) is 24.3 Å². The van der Waals surface area contributed by atoms with E-state index < -0.39 is 11.8 Å². The number of halogens is 4. The van der Waals surface area contributed by atoms with Gasteiger partial charge in [0.1, 0.15) is 5.75 Å². The summed E-state index contributed by atoms with van der Waals surface area (Å²) < 4.78 is 41.0. The average molecular weight is 374 g/mol. The number of carbonyl (C=O) groups excluding carboxylic acids is 1. The van der Waals surface area contributed by atoms with Crippen molar-refractivity contribution < 1.29 is 22.7 Å². The SMILES string of the molecule is O=C(Nc1cccc(OC(F)(F)F)c1)C12CC3CC(CC(Cl)(C3)C1)C2. The Hall–Kier alpha value is -1.43. The highest BCUT2D eigenvalue weighted by molar-refractivity contribution is 6.24. The highest BCUT2D eigenvalue weighted by Crippen LogP contribution is 2.64. The molecule has 3 nitrogen and oxygen atoms in total. The zero-order valence-electron chi connectivity index (χ0n) is 13.5. The minimum absolute atomic E-state index is 0.129. The molecule has 7 heteroatoms. The number of hydrogen-bond acceptors (Lipinski definition) is 2. The maximum Gasteiger partial charge on any atom is 0.573 e. The maximum atomic E-state index is 13.0. The molecule has 4 bridgehead atoms. The van der Waals surface area contributed by atoms with Gasteiger partial charge in [-0.25, -0.2) is 0 Å². The van der Waals surface area contributed by atoms with Gasteiger partial charge in [-0.05, 0) is 62.5 Å². The molecule has 0 aliphatic heterocycles. The van der Waals surface area contributed by atoms with Crippen LogP contribution in [-0.4, -0.2) is 17.1 Å². The predicted octanol–water partition coefficient (Wildman–Crippen LogP) is 5.10. The fourth-order valence-electron chi connectivity index (χ4n) is 5.45. The van der Waals surface area contributed by atoms with Gasteiger partial charge in [-0.2, -0.15) is 0 Å². The Balaban J connectivity index is 1.52. The lowest BCUT2D eigenvalue weighted by atomic mass is 9.49. The smallest absolute Gasteiger partial charge is 0.406 e. The van der Waals surface area contributed by atoms with Crippen LogP contribution in [0.5, 0.6) is 5.75 Å². The molecule has 25 heavy (non-hydrogen) atoms. The van der Waals surface area contributed by atoms with E-state index in [0.29, 0.717) is 23.9 Å². The normalized spacial score (nSPS) is 36.3. The van der Waals surface area contributed by atoms with Crippen molar-refractivity contribution in [3.8, 4) is 5.75 Å². The van der Waals surface area contributed by atoms with E-state index in [9.17, 15) is 18.0 Å². The van der Waals surface area contributed by atoms with Gasteiger partial charge in [0.15, 0.2) is 0 Å². The Bertz CT molecular complexity index is 692. The third-order valence-corrected chi connectivity index (χ3v) is 6.24. The lowest BCUT2D eigenvalue weighted by Gasteiger charge is -2.59. The molecule has 4 aliphatic rings. The zero-order valence-corrected chi connectivity index (χ0v) is 14.3. The van der Waals surface area contributed by atoms with E-state index in [1.165, 1.54) is 18.2 Å². The van der Waals surface area contributed by atoms with E-state index in [1.54, 1.807) is 6.07 Å². The van der Waals surface area contributed by atoms with Crippen molar-refractivity contribution in [2.24, 2.45) is 17.3 Å². The van der Waals surface area contributed by atoms with E-state index in [4.69, 9.17) is 11.6 Å². The number of alkyl halides is 4. The molecule has 1 aromatic carbocycles. The summed E-state index contributed by atoms with van der Waals surface area (Å²) >= 11 is 6.74. The van der Waals surface area contributed by atoms with Crippen LogP contribution in [0.3, 0.4) is 0 Å². The van der Waals surface area contributed by atoms with Crippen molar-refractivity contribution in [3.63, 3.8) is 0 Å². The first-order valence-electron chi connectivity index (χ1n) is 8.51. The average Bonchev–Trinajstić information content (AvgIpc) is 2.43. The molecule has 4 saturated carbocycles. The molecule has 0 aromatic heterocycles. The van der Waals surface area contributed by atoms with E-state index in [-0.39, 0.29) is 16.5 Å². The van der Waals surface area contributed by atoms with Crippen molar-refractivity contribution in [2.75, 3.05) is 5.32 Å². The molecule has 2 atom stereocenters. The van der Waals surface area contributed by atoms with Gasteiger partial charge in [-0.1, -0.05) is 6.07 Å². The molecule has 0 radical (unpaired) electrons. The van der Waals surface area contributed by atoms with Gasteiger partial charge in [0.25, 0.3) is 0 Å². The van der Waals surface area contributed by atoms with Crippen LogP contribution < -0.4 is 10.1 Å². The summed E-state index contributed by atoms with van der Waals surface area (Å²) in [4.78, 5) is 12.7. The fraction of sp³-hybridized carbons (Fsp3) is 0.611. The molecule has 2 unspecified atom stereocenters. The molecule has 0 heterocycles. The molecule has 5 rings (SSSR count). The predicted molar refractivity (Wildman–Crippen MR) is 87.5 cm³/mol. The molecular weight excluding hydrogens is 355 g/mol. The Morgan fingerprint density at radius 3 is 2.48 bits per heavy atom. The second-order valence-corrected chi connectivity index (χ2v) is 8.72. The summed E-state index contributed by atoms with van der Waals surface area (Å²) in [6.07, 6.45) is 0.611. The summed E-state index contributed by atoms with van der Waals surface area (Å²) in [5, 5.41) is 2.80. The van der Waals surface area contributed by atoms with Gasteiger partial charge in [0.2, 0.25) is 5.91 Å². The first kappa shape index (κ1) is 17.0. The highest BCUT2D eigenvalue weighted by atomic mass is 35.5. The van der Waals surface area contributed by atoms with Gasteiger partial charge >= 0.3 is 6.36 Å². The van der Waals surface area contributed by atoms with E-state index in [1.807, 2.05) is 0 Å². The number of benzene rings is 1. The number of ether oxygens (including phenoxy) is 1. The number of nitrogens with one attached hydrogen (secondary N) is 1. The lowest BCUT2D eigenvalue weighted by molar-refractivity contribution is -0.274. The fourth-order valence-corrected chi connectivity index (χ4v) is 6.14. The first-order valence-corrected chi connectivity index (χ1v) is 8.89. The minimum atomic E-state index is -4.76. The van der Waals surface area contributed by atoms with Crippen LogP contribution >= 0.6 is 11.6 Å². The molecular formula is C18H19ClF3NO2. The van der Waals surface area contributed by atoms with Gasteiger partial charge in [0.05, 0.1) is 5.41 Å². The summed E-state index contributed by atoms with van der Waals surface area (Å²) in [6, 6.07) is 5.40. The monoisotopic (exact) mass is 373 g/mol. The molecule has 0 saturated heterocycles. The topological polar surface area (TPSA) is 38.3 Å². The van der Waals surface area contributed by atoms with Gasteiger partial charge in [-0.15, -0.1) is 24.8 Å². The van der Waals surface area contributed by atoms with Crippen LogP contribution in [0.4, 0.5) is 18.9 Å². The second-order valence-electron chi connectivity index (χ2n) is 7.92. The van der Waals surface area contributed by atoms with Crippen LogP contribution in [0.25, 0.3) is 0 Å². The Morgan fingerprint density at radius 1 is 1.20 bits per heavy atom. The van der Waals surface area contributed by atoms with E-state index >= 15 is 0 Å². The zero-order chi connectivity index (χ0) is 17.9. The molecule has 1 aromatic rings.